The zero-order valence-electron chi connectivity index (χ0n) is 25.8. The maximum atomic E-state index is 6.37. The molecule has 5 rings (SSSR count). The van der Waals surface area contributed by atoms with Gasteiger partial charge in [-0.05, 0) is 92.6 Å². The number of benzene rings is 2. The molecule has 0 atom stereocenters. The molecule has 0 radical (unpaired) electrons. The van der Waals surface area contributed by atoms with Crippen LogP contribution in [0.15, 0.2) is 60.9 Å². The summed E-state index contributed by atoms with van der Waals surface area (Å²) in [5.41, 5.74) is 5.93. The fraction of sp³-hybridized carbons (Fsp3) is 0.371. The number of piperidine rings is 1. The fourth-order valence-electron chi connectivity index (χ4n) is 5.69. The van der Waals surface area contributed by atoms with Gasteiger partial charge in [0, 0.05) is 42.7 Å². The second-order valence-electron chi connectivity index (χ2n) is 10.9. The Hall–Kier alpha value is -3.56. The maximum absolute atomic E-state index is 6.37. The van der Waals surface area contributed by atoms with Gasteiger partial charge in [-0.15, -0.1) is 0 Å². The molecule has 2 aromatic carbocycles. The molecule has 10 heteroatoms. The summed E-state index contributed by atoms with van der Waals surface area (Å²) in [6.45, 7) is 3.77. The number of likely N-dealkylation sites (tertiary alicyclic amines) is 1. The second kappa shape index (κ2) is 15.6. The van der Waals surface area contributed by atoms with Gasteiger partial charge in [0.2, 0.25) is 0 Å². The smallest absolute Gasteiger partial charge is 0.141 e. The van der Waals surface area contributed by atoms with Crippen molar-refractivity contribution in [2.45, 2.75) is 39.4 Å². The predicted molar refractivity (Wildman–Crippen MR) is 182 cm³/mol. The van der Waals surface area contributed by atoms with E-state index in [0.29, 0.717) is 39.1 Å². The van der Waals surface area contributed by atoms with Gasteiger partial charge in [-0.2, -0.15) is 0 Å². The molecule has 8 nitrogen and oxygen atoms in total. The highest BCUT2D eigenvalue weighted by molar-refractivity contribution is 6.34. The van der Waals surface area contributed by atoms with Crippen LogP contribution in [0.5, 0.6) is 23.0 Å². The molecule has 0 saturated carbocycles. The molecule has 240 valence electrons. The van der Waals surface area contributed by atoms with E-state index in [1.807, 2.05) is 36.7 Å². The number of pyridine rings is 2. The largest absolute Gasteiger partial charge is 0.495 e. The van der Waals surface area contributed by atoms with Gasteiger partial charge in [0.1, 0.15) is 33.0 Å². The molecule has 45 heavy (non-hydrogen) atoms. The van der Waals surface area contributed by atoms with E-state index >= 15 is 0 Å². The number of methoxy groups -OCH3 is 4. The molecule has 0 spiro atoms. The van der Waals surface area contributed by atoms with Crippen LogP contribution in [0.2, 0.25) is 10.0 Å². The molecule has 1 aliphatic heterocycles. The van der Waals surface area contributed by atoms with Crippen LogP contribution in [0.4, 0.5) is 0 Å². The van der Waals surface area contributed by atoms with Crippen molar-refractivity contribution < 1.29 is 18.9 Å². The van der Waals surface area contributed by atoms with Gasteiger partial charge >= 0.3 is 0 Å². The third-order valence-electron chi connectivity index (χ3n) is 8.15. The molecule has 0 N–H and O–H groups in total. The molecule has 0 aliphatic carbocycles. The lowest BCUT2D eigenvalue weighted by molar-refractivity contribution is 0.119. The Morgan fingerprint density at radius 2 is 1.13 bits per heavy atom. The van der Waals surface area contributed by atoms with Gasteiger partial charge in [-0.1, -0.05) is 30.6 Å². The van der Waals surface area contributed by atoms with E-state index in [4.69, 9.17) is 42.1 Å². The molecular weight excluding hydrogens is 611 g/mol. The SMILES string of the molecule is C.COc1cc(-c2cc(CN3CCC(N(C)Cc4ccnc(-c5cc(OC)c(Cl)c(OC)c5)c4)CC3)ccn2)cc(OC)c1Cl. The first-order chi connectivity index (χ1) is 21.3. The van der Waals surface area contributed by atoms with Crippen molar-refractivity contribution >= 4 is 23.2 Å². The van der Waals surface area contributed by atoms with Crippen LogP contribution in [0.1, 0.15) is 31.4 Å². The lowest BCUT2D eigenvalue weighted by Gasteiger charge is -2.37. The van der Waals surface area contributed by atoms with Gasteiger partial charge < -0.3 is 18.9 Å². The van der Waals surface area contributed by atoms with Crippen molar-refractivity contribution in [3.8, 4) is 45.5 Å². The van der Waals surface area contributed by atoms with E-state index in [2.05, 4.69) is 51.1 Å². The number of rotatable bonds is 11. The highest BCUT2D eigenvalue weighted by Crippen LogP contribution is 2.39. The molecular formula is C35H42Cl2N4O4. The van der Waals surface area contributed by atoms with E-state index < -0.39 is 0 Å². The molecule has 2 aromatic heterocycles. The Morgan fingerprint density at radius 3 is 1.58 bits per heavy atom. The quantitative estimate of drug-likeness (QED) is 0.162. The number of nitrogens with zero attached hydrogens (tertiary/aromatic N) is 4. The van der Waals surface area contributed by atoms with Crippen LogP contribution in [-0.4, -0.2) is 74.4 Å². The van der Waals surface area contributed by atoms with Crippen molar-refractivity contribution in [1.29, 1.82) is 0 Å². The lowest BCUT2D eigenvalue weighted by atomic mass is 10.0. The van der Waals surface area contributed by atoms with Crippen LogP contribution in [-0.2, 0) is 13.1 Å². The average Bonchev–Trinajstić information content (AvgIpc) is 3.05. The van der Waals surface area contributed by atoms with Crippen molar-refractivity contribution in [3.63, 3.8) is 0 Å². The Kier molecular flexibility index (Phi) is 11.9. The standard InChI is InChI=1S/C34H38Cl2N4O4.CH4/c1-39(20-22-6-10-37-27(14-22)24-16-29(41-2)33(35)30(17-24)42-3)26-8-12-40(13-9-26)21-23-7-11-38-28(15-23)25-18-31(43-4)34(36)32(19-25)44-5;/h6-7,10-11,14-19,26H,8-9,12-13,20-21H2,1-5H3;1H4. The summed E-state index contributed by atoms with van der Waals surface area (Å²) in [4.78, 5) is 14.2. The summed E-state index contributed by atoms with van der Waals surface area (Å²) >= 11 is 12.7. The van der Waals surface area contributed by atoms with Gasteiger partial charge in [0.25, 0.3) is 0 Å². The predicted octanol–water partition coefficient (Wildman–Crippen LogP) is 7.88. The molecule has 4 aromatic rings. The number of halogens is 2. The van der Waals surface area contributed by atoms with E-state index in [-0.39, 0.29) is 7.43 Å². The minimum absolute atomic E-state index is 0. The van der Waals surface area contributed by atoms with Crippen molar-refractivity contribution in [2.24, 2.45) is 0 Å². The van der Waals surface area contributed by atoms with Gasteiger partial charge in [0.15, 0.2) is 0 Å². The third-order valence-corrected chi connectivity index (χ3v) is 8.90. The maximum Gasteiger partial charge on any atom is 0.141 e. The number of hydrogen-bond donors (Lipinski definition) is 0. The molecule has 1 saturated heterocycles. The van der Waals surface area contributed by atoms with E-state index in [0.717, 1.165) is 61.5 Å². The van der Waals surface area contributed by atoms with Crippen molar-refractivity contribution in [2.75, 3.05) is 48.6 Å². The van der Waals surface area contributed by atoms with Crippen LogP contribution < -0.4 is 18.9 Å². The molecule has 0 amide bonds. The van der Waals surface area contributed by atoms with Crippen LogP contribution >= 0.6 is 23.2 Å². The summed E-state index contributed by atoms with van der Waals surface area (Å²) in [6.07, 6.45) is 5.92. The minimum atomic E-state index is 0. The Morgan fingerprint density at radius 1 is 0.711 bits per heavy atom. The number of aromatic nitrogens is 2. The first-order valence-electron chi connectivity index (χ1n) is 14.5. The van der Waals surface area contributed by atoms with E-state index in [1.54, 1.807) is 28.4 Å². The van der Waals surface area contributed by atoms with Gasteiger partial charge in [0.05, 0.1) is 39.8 Å². The Balaban J connectivity index is 0.00000461. The van der Waals surface area contributed by atoms with E-state index in [9.17, 15) is 0 Å². The summed E-state index contributed by atoms with van der Waals surface area (Å²) in [5, 5.41) is 0.906. The van der Waals surface area contributed by atoms with E-state index in [1.165, 1.54) is 11.1 Å². The Labute approximate surface area is 276 Å². The molecule has 1 fully saturated rings. The minimum Gasteiger partial charge on any atom is -0.495 e. The zero-order chi connectivity index (χ0) is 31.2. The average molecular weight is 654 g/mol. The zero-order valence-corrected chi connectivity index (χ0v) is 27.3. The summed E-state index contributed by atoms with van der Waals surface area (Å²) in [7, 11) is 8.60. The second-order valence-corrected chi connectivity index (χ2v) is 11.7. The fourth-order valence-corrected chi connectivity index (χ4v) is 6.22. The summed E-state index contributed by atoms with van der Waals surface area (Å²) in [6, 6.07) is 16.5. The lowest BCUT2D eigenvalue weighted by Crippen LogP contribution is -2.42. The number of hydrogen-bond acceptors (Lipinski definition) is 8. The van der Waals surface area contributed by atoms with Crippen LogP contribution in [0.25, 0.3) is 22.5 Å². The monoisotopic (exact) mass is 652 g/mol. The highest BCUT2D eigenvalue weighted by Gasteiger charge is 2.23. The molecule has 3 heterocycles. The summed E-state index contributed by atoms with van der Waals surface area (Å²) < 4.78 is 21.8. The third kappa shape index (κ3) is 8.00. The first kappa shape index (κ1) is 34.3. The summed E-state index contributed by atoms with van der Waals surface area (Å²) in [5.74, 6) is 2.25. The van der Waals surface area contributed by atoms with Crippen molar-refractivity contribution in [1.82, 2.24) is 19.8 Å². The highest BCUT2D eigenvalue weighted by atomic mass is 35.5. The van der Waals surface area contributed by atoms with Crippen molar-refractivity contribution in [3.05, 3.63) is 82.1 Å². The van der Waals surface area contributed by atoms with Crippen LogP contribution in [0.3, 0.4) is 0 Å². The van der Waals surface area contributed by atoms with Gasteiger partial charge in [-0.25, -0.2) is 0 Å². The number of ether oxygens (including phenoxy) is 4. The molecule has 1 aliphatic rings. The van der Waals surface area contributed by atoms with Gasteiger partial charge in [-0.3, -0.25) is 19.8 Å². The normalized spacial score (nSPS) is 13.8. The Bertz CT molecular complexity index is 1540. The van der Waals surface area contributed by atoms with Crippen LogP contribution in [0, 0.1) is 0 Å². The molecule has 0 bridgehead atoms. The first-order valence-corrected chi connectivity index (χ1v) is 15.2. The molecule has 0 unspecified atom stereocenters. The topological polar surface area (TPSA) is 69.2 Å².